The van der Waals surface area contributed by atoms with E-state index in [1.54, 1.807) is 31.2 Å². The second kappa shape index (κ2) is 5.48. The van der Waals surface area contributed by atoms with E-state index in [1.165, 1.54) is 6.92 Å². The number of anilines is 1. The molecular weight excluding hydrogens is 236 g/mol. The average molecular weight is 255 g/mol. The summed E-state index contributed by atoms with van der Waals surface area (Å²) in [6.45, 7) is 6.22. The van der Waals surface area contributed by atoms with Gasteiger partial charge in [-0.3, -0.25) is 0 Å². The van der Waals surface area contributed by atoms with Crippen LogP contribution in [0.1, 0.15) is 25.3 Å². The summed E-state index contributed by atoms with van der Waals surface area (Å²) in [6.07, 6.45) is -0.653. The lowest BCUT2D eigenvalue weighted by Gasteiger charge is -2.31. The lowest BCUT2D eigenvalue weighted by atomic mass is 9.86. The number of benzene rings is 1. The maximum atomic E-state index is 13.9. The van der Waals surface area contributed by atoms with Crippen LogP contribution in [-0.4, -0.2) is 17.1 Å². The minimum absolute atomic E-state index is 0.408. The van der Waals surface area contributed by atoms with Gasteiger partial charge in [-0.1, -0.05) is 38.1 Å². The largest absolute Gasteiger partial charge is 0.398 e. The van der Waals surface area contributed by atoms with E-state index >= 15 is 0 Å². The maximum absolute atomic E-state index is 13.9. The number of hydrogen-bond donors (Lipinski definition) is 2. The predicted octanol–water partition coefficient (Wildman–Crippen LogP) is 3.19. The highest BCUT2D eigenvalue weighted by Crippen LogP contribution is 2.37. The number of alkyl halides is 2. The van der Waals surface area contributed by atoms with Crippen LogP contribution < -0.4 is 5.73 Å². The van der Waals surface area contributed by atoms with Crippen molar-refractivity contribution >= 4 is 5.69 Å². The Labute approximate surface area is 106 Å². The molecule has 0 radical (unpaired) electrons. The lowest BCUT2D eigenvalue weighted by Crippen LogP contribution is -2.42. The van der Waals surface area contributed by atoms with Gasteiger partial charge in [-0.05, 0) is 11.6 Å². The SMILES string of the molecule is C=CC(C)C(F)(F)C(O)C(C)c1ccccc1N. The number of nitrogen functional groups attached to an aromatic ring is 1. The monoisotopic (exact) mass is 255 g/mol. The van der Waals surface area contributed by atoms with Crippen LogP contribution in [0.3, 0.4) is 0 Å². The summed E-state index contributed by atoms with van der Waals surface area (Å²) in [6, 6.07) is 6.72. The Morgan fingerprint density at radius 3 is 2.39 bits per heavy atom. The number of aliphatic hydroxyl groups excluding tert-OH is 1. The summed E-state index contributed by atoms with van der Waals surface area (Å²) in [4.78, 5) is 0. The average Bonchev–Trinajstić information content (AvgIpc) is 2.36. The third-order valence-corrected chi connectivity index (χ3v) is 3.32. The lowest BCUT2D eigenvalue weighted by molar-refractivity contribution is -0.139. The molecule has 18 heavy (non-hydrogen) atoms. The molecule has 0 heterocycles. The zero-order valence-corrected chi connectivity index (χ0v) is 10.6. The Hall–Kier alpha value is -1.42. The van der Waals surface area contributed by atoms with Gasteiger partial charge in [0.15, 0.2) is 0 Å². The summed E-state index contributed by atoms with van der Waals surface area (Å²) < 4.78 is 27.8. The van der Waals surface area contributed by atoms with Crippen molar-refractivity contribution in [1.29, 1.82) is 0 Å². The van der Waals surface area contributed by atoms with E-state index in [1.807, 2.05) is 0 Å². The van der Waals surface area contributed by atoms with E-state index in [9.17, 15) is 13.9 Å². The fourth-order valence-corrected chi connectivity index (χ4v) is 1.86. The normalized spacial score (nSPS) is 16.9. The van der Waals surface area contributed by atoms with Gasteiger partial charge in [-0.2, -0.15) is 0 Å². The Kier molecular flexibility index (Phi) is 4.46. The number of para-hydroxylation sites is 1. The van der Waals surface area contributed by atoms with Crippen molar-refractivity contribution in [3.8, 4) is 0 Å². The van der Waals surface area contributed by atoms with Crippen LogP contribution in [-0.2, 0) is 0 Å². The smallest absolute Gasteiger partial charge is 0.279 e. The van der Waals surface area contributed by atoms with E-state index in [4.69, 9.17) is 5.73 Å². The fourth-order valence-electron chi connectivity index (χ4n) is 1.86. The molecule has 0 fully saturated rings. The second-order valence-electron chi connectivity index (χ2n) is 4.56. The van der Waals surface area contributed by atoms with Crippen molar-refractivity contribution in [2.75, 3.05) is 5.73 Å². The molecule has 1 aromatic rings. The van der Waals surface area contributed by atoms with Crippen molar-refractivity contribution in [3.05, 3.63) is 42.5 Å². The Bertz CT molecular complexity index is 420. The minimum Gasteiger partial charge on any atom is -0.398 e. The van der Waals surface area contributed by atoms with Crippen molar-refractivity contribution in [1.82, 2.24) is 0 Å². The topological polar surface area (TPSA) is 46.2 Å². The fraction of sp³-hybridized carbons (Fsp3) is 0.429. The molecule has 0 aliphatic carbocycles. The molecule has 3 unspecified atom stereocenters. The van der Waals surface area contributed by atoms with Crippen LogP contribution >= 0.6 is 0 Å². The summed E-state index contributed by atoms with van der Waals surface area (Å²) in [5.41, 5.74) is 6.67. The minimum atomic E-state index is -3.23. The highest BCUT2D eigenvalue weighted by molar-refractivity contribution is 5.48. The number of halogens is 2. The summed E-state index contributed by atoms with van der Waals surface area (Å²) >= 11 is 0. The van der Waals surface area contributed by atoms with E-state index < -0.39 is 23.9 Å². The van der Waals surface area contributed by atoms with Gasteiger partial charge in [0, 0.05) is 17.5 Å². The number of rotatable bonds is 5. The van der Waals surface area contributed by atoms with Gasteiger partial charge >= 0.3 is 0 Å². The first-order valence-electron chi connectivity index (χ1n) is 5.85. The van der Waals surface area contributed by atoms with Gasteiger partial charge < -0.3 is 10.8 Å². The van der Waals surface area contributed by atoms with Gasteiger partial charge in [0.05, 0.1) is 0 Å². The standard InChI is InChI=1S/C14H19F2NO/c1-4-9(2)14(15,16)13(18)10(3)11-7-5-6-8-12(11)17/h4-10,13,18H,1,17H2,2-3H3. The highest BCUT2D eigenvalue weighted by Gasteiger charge is 2.45. The molecule has 0 aromatic heterocycles. The first-order chi connectivity index (χ1) is 8.32. The van der Waals surface area contributed by atoms with Gasteiger partial charge in [-0.25, -0.2) is 8.78 Å². The zero-order valence-electron chi connectivity index (χ0n) is 10.6. The Balaban J connectivity index is 3.01. The molecule has 100 valence electrons. The number of allylic oxidation sites excluding steroid dienone is 1. The summed E-state index contributed by atoms with van der Waals surface area (Å²) in [5.74, 6) is -5.08. The van der Waals surface area contributed by atoms with E-state index in [-0.39, 0.29) is 0 Å². The highest BCUT2D eigenvalue weighted by atomic mass is 19.3. The van der Waals surface area contributed by atoms with Crippen molar-refractivity contribution in [2.24, 2.45) is 5.92 Å². The molecule has 3 atom stereocenters. The molecule has 0 aliphatic rings. The molecule has 0 spiro atoms. The number of aliphatic hydroxyl groups is 1. The number of nitrogens with two attached hydrogens (primary N) is 1. The van der Waals surface area contributed by atoms with Gasteiger partial charge in [0.25, 0.3) is 5.92 Å². The number of hydrogen-bond acceptors (Lipinski definition) is 2. The van der Waals surface area contributed by atoms with Crippen LogP contribution in [0.15, 0.2) is 36.9 Å². The second-order valence-corrected chi connectivity index (χ2v) is 4.56. The van der Waals surface area contributed by atoms with Crippen molar-refractivity contribution in [3.63, 3.8) is 0 Å². The third kappa shape index (κ3) is 2.70. The first kappa shape index (κ1) is 14.6. The van der Waals surface area contributed by atoms with Crippen molar-refractivity contribution in [2.45, 2.75) is 31.8 Å². The molecule has 2 nitrogen and oxygen atoms in total. The molecule has 0 aliphatic heterocycles. The molecule has 4 heteroatoms. The summed E-state index contributed by atoms with van der Waals surface area (Å²) in [5, 5.41) is 9.87. The zero-order chi connectivity index (χ0) is 13.9. The Morgan fingerprint density at radius 2 is 1.89 bits per heavy atom. The molecule has 0 saturated carbocycles. The van der Waals surface area contributed by atoms with Crippen LogP contribution in [0.25, 0.3) is 0 Å². The Morgan fingerprint density at radius 1 is 1.33 bits per heavy atom. The van der Waals surface area contributed by atoms with Gasteiger partial charge in [0.1, 0.15) is 6.10 Å². The van der Waals surface area contributed by atoms with E-state index in [0.29, 0.717) is 11.3 Å². The van der Waals surface area contributed by atoms with Crippen LogP contribution in [0, 0.1) is 5.92 Å². The third-order valence-electron chi connectivity index (χ3n) is 3.32. The first-order valence-corrected chi connectivity index (χ1v) is 5.85. The molecule has 0 bridgehead atoms. The van der Waals surface area contributed by atoms with Gasteiger partial charge in [0.2, 0.25) is 0 Å². The van der Waals surface area contributed by atoms with Crippen molar-refractivity contribution < 1.29 is 13.9 Å². The molecule has 0 amide bonds. The van der Waals surface area contributed by atoms with E-state index in [0.717, 1.165) is 6.08 Å². The molecular formula is C14H19F2NO. The molecule has 0 saturated heterocycles. The summed E-state index contributed by atoms with van der Waals surface area (Å²) in [7, 11) is 0. The van der Waals surface area contributed by atoms with Gasteiger partial charge in [-0.15, -0.1) is 6.58 Å². The molecule has 1 aromatic carbocycles. The molecule has 3 N–H and O–H groups in total. The quantitative estimate of drug-likeness (QED) is 0.627. The predicted molar refractivity (Wildman–Crippen MR) is 69.6 cm³/mol. The van der Waals surface area contributed by atoms with Crippen LogP contribution in [0.5, 0.6) is 0 Å². The van der Waals surface area contributed by atoms with Crippen LogP contribution in [0.2, 0.25) is 0 Å². The van der Waals surface area contributed by atoms with Crippen LogP contribution in [0.4, 0.5) is 14.5 Å². The maximum Gasteiger partial charge on any atom is 0.279 e. The molecule has 1 rings (SSSR count). The van der Waals surface area contributed by atoms with E-state index in [2.05, 4.69) is 6.58 Å².